The van der Waals surface area contributed by atoms with Crippen LogP contribution in [0.3, 0.4) is 0 Å². The molecule has 2 N–H and O–H groups in total. The smallest absolute Gasteiger partial charge is 0.243 e. The summed E-state index contributed by atoms with van der Waals surface area (Å²) in [6.45, 7) is 6.59. The molecule has 2 rings (SSSR count). The quantitative estimate of drug-likeness (QED) is 0.909. The normalized spacial score (nSPS) is 18.3. The minimum Gasteiger partial charge on any atom is -0.329 e. The number of nitrogens with zero attached hydrogens (tertiary/aromatic N) is 1. The van der Waals surface area contributed by atoms with Gasteiger partial charge in [-0.25, -0.2) is 8.42 Å². The first-order chi connectivity index (χ1) is 9.87. The van der Waals surface area contributed by atoms with E-state index in [1.54, 1.807) is 10.4 Å². The standard InChI is InChI=1S/C16H26N2O2S/c1-4-18(16(12-17)9-5-6-10-16)21(19,20)15-8-7-13(2)11-14(15)3/h7-8,11H,4-6,9-10,12,17H2,1-3H3. The van der Waals surface area contributed by atoms with Crippen LogP contribution in [0.4, 0.5) is 0 Å². The summed E-state index contributed by atoms with van der Waals surface area (Å²) in [5.41, 5.74) is 7.46. The highest BCUT2D eigenvalue weighted by atomic mass is 32.2. The summed E-state index contributed by atoms with van der Waals surface area (Å²) in [5, 5.41) is 0. The van der Waals surface area contributed by atoms with Gasteiger partial charge in [0, 0.05) is 18.6 Å². The summed E-state index contributed by atoms with van der Waals surface area (Å²) in [7, 11) is -3.50. The van der Waals surface area contributed by atoms with Crippen molar-refractivity contribution in [3.63, 3.8) is 0 Å². The van der Waals surface area contributed by atoms with Crippen LogP contribution in [-0.2, 0) is 10.0 Å². The van der Waals surface area contributed by atoms with E-state index in [9.17, 15) is 8.42 Å². The summed E-state index contributed by atoms with van der Waals surface area (Å²) in [6.07, 6.45) is 3.83. The van der Waals surface area contributed by atoms with Gasteiger partial charge in [-0.05, 0) is 38.3 Å². The molecule has 1 aromatic carbocycles. The van der Waals surface area contributed by atoms with Gasteiger partial charge in [0.1, 0.15) is 0 Å². The van der Waals surface area contributed by atoms with Gasteiger partial charge in [0.05, 0.1) is 4.90 Å². The van der Waals surface area contributed by atoms with E-state index in [0.29, 0.717) is 18.0 Å². The summed E-state index contributed by atoms with van der Waals surface area (Å²) < 4.78 is 27.9. The Labute approximate surface area is 128 Å². The Kier molecular flexibility index (Phi) is 4.76. The second-order valence-corrected chi connectivity index (χ2v) is 7.91. The lowest BCUT2D eigenvalue weighted by molar-refractivity contribution is 0.205. The zero-order valence-electron chi connectivity index (χ0n) is 13.2. The topological polar surface area (TPSA) is 63.4 Å². The molecular weight excluding hydrogens is 284 g/mol. The number of aryl methyl sites for hydroxylation is 2. The van der Waals surface area contributed by atoms with Crippen LogP contribution in [0, 0.1) is 13.8 Å². The monoisotopic (exact) mass is 310 g/mol. The van der Waals surface area contributed by atoms with E-state index in [1.165, 1.54) is 0 Å². The number of nitrogens with two attached hydrogens (primary N) is 1. The highest BCUT2D eigenvalue weighted by molar-refractivity contribution is 7.89. The van der Waals surface area contributed by atoms with Crippen LogP contribution in [0.25, 0.3) is 0 Å². The van der Waals surface area contributed by atoms with Gasteiger partial charge < -0.3 is 5.73 Å². The van der Waals surface area contributed by atoms with Gasteiger partial charge >= 0.3 is 0 Å². The summed E-state index contributed by atoms with van der Waals surface area (Å²) >= 11 is 0. The highest BCUT2D eigenvalue weighted by Gasteiger charge is 2.44. The summed E-state index contributed by atoms with van der Waals surface area (Å²) in [5.74, 6) is 0. The Morgan fingerprint density at radius 1 is 1.24 bits per heavy atom. The number of hydrogen-bond acceptors (Lipinski definition) is 3. The molecule has 0 spiro atoms. The Bertz CT molecular complexity index is 605. The van der Waals surface area contributed by atoms with Crippen LogP contribution < -0.4 is 5.73 Å². The molecule has 0 bridgehead atoms. The lowest BCUT2D eigenvalue weighted by Gasteiger charge is -2.39. The van der Waals surface area contributed by atoms with Crippen molar-refractivity contribution in [2.75, 3.05) is 13.1 Å². The van der Waals surface area contributed by atoms with Crippen LogP contribution in [-0.4, -0.2) is 31.4 Å². The number of likely N-dealkylation sites (N-methyl/N-ethyl adjacent to an activating group) is 1. The molecular formula is C16H26N2O2S. The van der Waals surface area contributed by atoms with E-state index in [-0.39, 0.29) is 0 Å². The number of sulfonamides is 1. The second-order valence-electron chi connectivity index (χ2n) is 6.07. The molecule has 0 unspecified atom stereocenters. The first kappa shape index (κ1) is 16.5. The molecule has 0 atom stereocenters. The maximum absolute atomic E-state index is 13.1. The van der Waals surface area contributed by atoms with E-state index in [0.717, 1.165) is 36.8 Å². The van der Waals surface area contributed by atoms with Crippen molar-refractivity contribution in [2.45, 2.75) is 56.9 Å². The predicted octanol–water partition coefficient (Wildman–Crippen LogP) is 2.59. The van der Waals surface area contributed by atoms with Crippen molar-refractivity contribution in [1.82, 2.24) is 4.31 Å². The lowest BCUT2D eigenvalue weighted by atomic mass is 9.98. The first-order valence-corrected chi connectivity index (χ1v) is 9.11. The van der Waals surface area contributed by atoms with Gasteiger partial charge in [0.15, 0.2) is 0 Å². The molecule has 1 fully saturated rings. The van der Waals surface area contributed by atoms with Gasteiger partial charge in [-0.15, -0.1) is 0 Å². The molecule has 5 heteroatoms. The Hall–Kier alpha value is -0.910. The van der Waals surface area contributed by atoms with Crippen molar-refractivity contribution in [3.05, 3.63) is 29.3 Å². The molecule has 4 nitrogen and oxygen atoms in total. The Morgan fingerprint density at radius 2 is 1.86 bits per heavy atom. The van der Waals surface area contributed by atoms with Crippen molar-refractivity contribution >= 4 is 10.0 Å². The zero-order valence-corrected chi connectivity index (χ0v) is 14.0. The minimum absolute atomic E-state index is 0.394. The molecule has 0 aromatic heterocycles. The van der Waals surface area contributed by atoms with Gasteiger partial charge in [-0.3, -0.25) is 0 Å². The van der Waals surface area contributed by atoms with Crippen LogP contribution in [0.1, 0.15) is 43.7 Å². The summed E-state index contributed by atoms with van der Waals surface area (Å²) in [6, 6.07) is 5.50. The van der Waals surface area contributed by atoms with Crippen LogP contribution in [0.2, 0.25) is 0 Å². The Morgan fingerprint density at radius 3 is 2.33 bits per heavy atom. The average Bonchev–Trinajstić information content (AvgIpc) is 2.88. The molecule has 21 heavy (non-hydrogen) atoms. The summed E-state index contributed by atoms with van der Waals surface area (Å²) in [4.78, 5) is 0.412. The molecule has 1 saturated carbocycles. The maximum atomic E-state index is 13.1. The predicted molar refractivity (Wildman–Crippen MR) is 85.7 cm³/mol. The fourth-order valence-corrected chi connectivity index (χ4v) is 5.61. The van der Waals surface area contributed by atoms with Crippen molar-refractivity contribution in [1.29, 1.82) is 0 Å². The van der Waals surface area contributed by atoms with E-state index < -0.39 is 15.6 Å². The first-order valence-electron chi connectivity index (χ1n) is 7.67. The Balaban J connectivity index is 2.49. The third-order valence-corrected chi connectivity index (χ3v) is 6.87. The molecule has 0 aliphatic heterocycles. The lowest BCUT2D eigenvalue weighted by Crippen LogP contribution is -2.54. The van der Waals surface area contributed by atoms with Crippen molar-refractivity contribution in [3.8, 4) is 0 Å². The van der Waals surface area contributed by atoms with Gasteiger partial charge in [-0.2, -0.15) is 4.31 Å². The van der Waals surface area contributed by atoms with E-state index >= 15 is 0 Å². The van der Waals surface area contributed by atoms with Gasteiger partial charge in [0.25, 0.3) is 0 Å². The van der Waals surface area contributed by atoms with Crippen LogP contribution >= 0.6 is 0 Å². The third kappa shape index (κ3) is 2.87. The third-order valence-electron chi connectivity index (χ3n) is 4.63. The second kappa shape index (κ2) is 6.07. The largest absolute Gasteiger partial charge is 0.329 e. The van der Waals surface area contributed by atoms with E-state index in [4.69, 9.17) is 5.73 Å². The van der Waals surface area contributed by atoms with Crippen molar-refractivity contribution in [2.24, 2.45) is 5.73 Å². The molecule has 1 aromatic rings. The number of rotatable bonds is 5. The zero-order chi connectivity index (χ0) is 15.7. The molecule has 0 amide bonds. The van der Waals surface area contributed by atoms with Crippen LogP contribution in [0.5, 0.6) is 0 Å². The van der Waals surface area contributed by atoms with E-state index in [2.05, 4.69) is 0 Å². The molecule has 1 aliphatic carbocycles. The molecule has 0 saturated heterocycles. The highest BCUT2D eigenvalue weighted by Crippen LogP contribution is 2.38. The van der Waals surface area contributed by atoms with Gasteiger partial charge in [0.2, 0.25) is 10.0 Å². The molecule has 0 heterocycles. The molecule has 0 radical (unpaired) electrons. The van der Waals surface area contributed by atoms with Crippen LogP contribution in [0.15, 0.2) is 23.1 Å². The average molecular weight is 310 g/mol. The van der Waals surface area contributed by atoms with E-state index in [1.807, 2.05) is 32.9 Å². The number of hydrogen-bond donors (Lipinski definition) is 1. The number of benzene rings is 1. The fourth-order valence-electron chi connectivity index (χ4n) is 3.56. The van der Waals surface area contributed by atoms with Gasteiger partial charge in [-0.1, -0.05) is 37.5 Å². The SMILES string of the molecule is CCN(C1(CN)CCCC1)S(=O)(=O)c1ccc(C)cc1C. The molecule has 1 aliphatic rings. The minimum atomic E-state index is -3.50. The maximum Gasteiger partial charge on any atom is 0.243 e. The van der Waals surface area contributed by atoms with Crippen molar-refractivity contribution < 1.29 is 8.42 Å². The molecule has 118 valence electrons. The fraction of sp³-hybridized carbons (Fsp3) is 0.625.